The van der Waals surface area contributed by atoms with Gasteiger partial charge in [-0.3, -0.25) is 0 Å². The molecule has 0 radical (unpaired) electrons. The Balaban J connectivity index is 2.25. The topological polar surface area (TPSA) is 47.3 Å². The lowest BCUT2D eigenvalue weighted by atomic mass is 10.2. The minimum atomic E-state index is 0.616. The third kappa shape index (κ3) is 4.84. The zero-order valence-corrected chi connectivity index (χ0v) is 9.83. The standard InChI is InChI=1S/C13H20N2O/c1-11(10-14)6-5-7-12(2)16-13-8-3-4-9-15-13/h3-4,6,8,15H,2,5,7,9-10,14H2,1H3/b11-6+. The van der Waals surface area contributed by atoms with Gasteiger partial charge in [-0.05, 0) is 19.4 Å². The predicted molar refractivity (Wildman–Crippen MR) is 67.5 cm³/mol. The molecule has 0 aromatic carbocycles. The van der Waals surface area contributed by atoms with Crippen molar-refractivity contribution in [2.45, 2.75) is 19.8 Å². The molecule has 0 aromatic heterocycles. The molecule has 3 nitrogen and oxygen atoms in total. The Bertz CT molecular complexity index is 327. The van der Waals surface area contributed by atoms with Crippen molar-refractivity contribution in [1.82, 2.24) is 5.32 Å². The second-order valence-corrected chi connectivity index (χ2v) is 3.77. The lowest BCUT2D eigenvalue weighted by Gasteiger charge is -2.14. The molecule has 0 amide bonds. The molecule has 1 aliphatic heterocycles. The van der Waals surface area contributed by atoms with Crippen molar-refractivity contribution >= 4 is 0 Å². The van der Waals surface area contributed by atoms with Crippen LogP contribution in [0.4, 0.5) is 0 Å². The quantitative estimate of drug-likeness (QED) is 0.533. The van der Waals surface area contributed by atoms with Gasteiger partial charge in [0.15, 0.2) is 5.88 Å². The Hall–Kier alpha value is -1.48. The summed E-state index contributed by atoms with van der Waals surface area (Å²) in [6.45, 7) is 7.34. The first-order valence-corrected chi connectivity index (χ1v) is 5.54. The molecule has 0 fully saturated rings. The molecule has 16 heavy (non-hydrogen) atoms. The van der Waals surface area contributed by atoms with Gasteiger partial charge in [0.1, 0.15) is 0 Å². The van der Waals surface area contributed by atoms with Crippen LogP contribution in [0.2, 0.25) is 0 Å². The van der Waals surface area contributed by atoms with E-state index in [0.29, 0.717) is 6.54 Å². The highest BCUT2D eigenvalue weighted by Gasteiger charge is 2.01. The number of hydrogen-bond acceptors (Lipinski definition) is 3. The Morgan fingerprint density at radius 1 is 1.69 bits per heavy atom. The maximum atomic E-state index is 5.55. The molecular weight excluding hydrogens is 200 g/mol. The Kier molecular flexibility index (Phi) is 5.43. The molecule has 0 bridgehead atoms. The predicted octanol–water partition coefficient (Wildman–Crippen LogP) is 2.20. The molecule has 0 atom stereocenters. The van der Waals surface area contributed by atoms with E-state index in [1.807, 2.05) is 25.2 Å². The van der Waals surface area contributed by atoms with Gasteiger partial charge in [0.25, 0.3) is 0 Å². The van der Waals surface area contributed by atoms with Gasteiger partial charge >= 0.3 is 0 Å². The van der Waals surface area contributed by atoms with Crippen molar-refractivity contribution in [2.24, 2.45) is 5.73 Å². The number of dihydropyridines is 1. The van der Waals surface area contributed by atoms with E-state index in [-0.39, 0.29) is 0 Å². The summed E-state index contributed by atoms with van der Waals surface area (Å²) in [5.74, 6) is 1.54. The van der Waals surface area contributed by atoms with Crippen LogP contribution < -0.4 is 11.1 Å². The monoisotopic (exact) mass is 220 g/mol. The fourth-order valence-electron chi connectivity index (χ4n) is 1.28. The Morgan fingerprint density at radius 3 is 3.12 bits per heavy atom. The zero-order chi connectivity index (χ0) is 11.8. The van der Waals surface area contributed by atoms with Gasteiger partial charge in [-0.1, -0.05) is 30.4 Å². The van der Waals surface area contributed by atoms with E-state index in [4.69, 9.17) is 10.5 Å². The fourth-order valence-corrected chi connectivity index (χ4v) is 1.28. The van der Waals surface area contributed by atoms with Crippen molar-refractivity contribution in [3.63, 3.8) is 0 Å². The molecule has 0 aromatic rings. The van der Waals surface area contributed by atoms with Crippen molar-refractivity contribution < 1.29 is 4.74 Å². The van der Waals surface area contributed by atoms with Crippen LogP contribution >= 0.6 is 0 Å². The summed E-state index contributed by atoms with van der Waals surface area (Å²) in [7, 11) is 0. The minimum Gasteiger partial charge on any atom is -0.446 e. The summed E-state index contributed by atoms with van der Waals surface area (Å²) in [5.41, 5.74) is 6.69. The number of nitrogens with two attached hydrogens (primary N) is 1. The summed E-state index contributed by atoms with van der Waals surface area (Å²) in [4.78, 5) is 0. The first kappa shape index (κ1) is 12.6. The molecule has 0 unspecified atom stereocenters. The van der Waals surface area contributed by atoms with Crippen LogP contribution in [0.3, 0.4) is 0 Å². The van der Waals surface area contributed by atoms with E-state index in [1.165, 1.54) is 5.57 Å². The third-order valence-corrected chi connectivity index (χ3v) is 2.27. The molecule has 0 aliphatic carbocycles. The van der Waals surface area contributed by atoms with E-state index in [9.17, 15) is 0 Å². The maximum Gasteiger partial charge on any atom is 0.193 e. The van der Waals surface area contributed by atoms with E-state index in [0.717, 1.165) is 31.0 Å². The van der Waals surface area contributed by atoms with Gasteiger partial charge in [-0.2, -0.15) is 0 Å². The summed E-state index contributed by atoms with van der Waals surface area (Å²) in [5, 5.41) is 3.12. The summed E-state index contributed by atoms with van der Waals surface area (Å²) >= 11 is 0. The van der Waals surface area contributed by atoms with Crippen LogP contribution in [0, 0.1) is 0 Å². The molecule has 0 saturated carbocycles. The molecule has 3 heteroatoms. The number of rotatable bonds is 6. The normalized spacial score (nSPS) is 15.4. The number of nitrogens with one attached hydrogen (secondary N) is 1. The molecular formula is C13H20N2O. The molecule has 3 N–H and O–H groups in total. The summed E-state index contributed by atoms with van der Waals surface area (Å²) in [6.07, 6.45) is 9.76. The lowest BCUT2D eigenvalue weighted by molar-refractivity contribution is 0.266. The van der Waals surface area contributed by atoms with Crippen molar-refractivity contribution in [3.05, 3.63) is 48.1 Å². The van der Waals surface area contributed by atoms with Crippen LogP contribution in [0.5, 0.6) is 0 Å². The molecule has 0 saturated heterocycles. The third-order valence-electron chi connectivity index (χ3n) is 2.27. The first-order chi connectivity index (χ1) is 7.72. The van der Waals surface area contributed by atoms with Gasteiger partial charge in [0.2, 0.25) is 0 Å². The van der Waals surface area contributed by atoms with E-state index < -0.39 is 0 Å². The van der Waals surface area contributed by atoms with Gasteiger partial charge < -0.3 is 15.8 Å². The van der Waals surface area contributed by atoms with E-state index >= 15 is 0 Å². The van der Waals surface area contributed by atoms with Crippen LogP contribution in [0.25, 0.3) is 0 Å². The number of allylic oxidation sites excluding steroid dienone is 4. The minimum absolute atomic E-state index is 0.616. The van der Waals surface area contributed by atoms with Crippen molar-refractivity contribution in [1.29, 1.82) is 0 Å². The molecule has 0 spiro atoms. The summed E-state index contributed by atoms with van der Waals surface area (Å²) in [6, 6.07) is 0. The van der Waals surface area contributed by atoms with Crippen LogP contribution in [-0.4, -0.2) is 13.1 Å². The molecule has 88 valence electrons. The van der Waals surface area contributed by atoms with Crippen LogP contribution in [0.1, 0.15) is 19.8 Å². The fraction of sp³-hybridized carbons (Fsp3) is 0.385. The highest BCUT2D eigenvalue weighted by molar-refractivity contribution is 5.14. The average Bonchev–Trinajstić information content (AvgIpc) is 2.30. The van der Waals surface area contributed by atoms with Gasteiger partial charge in [0.05, 0.1) is 5.76 Å². The van der Waals surface area contributed by atoms with Crippen molar-refractivity contribution in [2.75, 3.05) is 13.1 Å². The smallest absolute Gasteiger partial charge is 0.193 e. The zero-order valence-electron chi connectivity index (χ0n) is 9.83. The first-order valence-electron chi connectivity index (χ1n) is 5.54. The van der Waals surface area contributed by atoms with E-state index in [2.05, 4.69) is 18.0 Å². The maximum absolute atomic E-state index is 5.55. The Morgan fingerprint density at radius 2 is 2.50 bits per heavy atom. The van der Waals surface area contributed by atoms with Gasteiger partial charge in [-0.25, -0.2) is 0 Å². The second kappa shape index (κ2) is 6.90. The lowest BCUT2D eigenvalue weighted by Crippen LogP contribution is -2.17. The van der Waals surface area contributed by atoms with Gasteiger partial charge in [-0.15, -0.1) is 0 Å². The highest BCUT2D eigenvalue weighted by Crippen LogP contribution is 2.11. The summed E-state index contributed by atoms with van der Waals surface area (Å²) < 4.78 is 5.55. The Labute approximate surface area is 97.4 Å². The molecule has 1 aliphatic rings. The molecule has 1 rings (SSSR count). The largest absolute Gasteiger partial charge is 0.446 e. The SMILES string of the molecule is C=C(CC/C=C(\C)CN)OC1=CC=CCN1. The second-order valence-electron chi connectivity index (χ2n) is 3.77. The van der Waals surface area contributed by atoms with E-state index in [1.54, 1.807) is 0 Å². The average molecular weight is 220 g/mol. The highest BCUT2D eigenvalue weighted by atomic mass is 16.5. The molecule has 1 heterocycles. The van der Waals surface area contributed by atoms with Crippen LogP contribution in [0.15, 0.2) is 48.1 Å². The van der Waals surface area contributed by atoms with Gasteiger partial charge in [0, 0.05) is 19.5 Å². The number of ether oxygens (including phenoxy) is 1. The number of hydrogen-bond donors (Lipinski definition) is 2. The van der Waals surface area contributed by atoms with Crippen molar-refractivity contribution in [3.8, 4) is 0 Å². The van der Waals surface area contributed by atoms with Crippen LogP contribution in [-0.2, 0) is 4.74 Å².